The Balaban J connectivity index is 1.14. The molecule has 1 heterocycles. The highest BCUT2D eigenvalue weighted by atomic mass is 16.3. The van der Waals surface area contributed by atoms with Crippen LogP contribution >= 0.6 is 0 Å². The first-order valence-electron chi connectivity index (χ1n) is 23.1. The first-order valence-corrected chi connectivity index (χ1v) is 23.1. The zero-order valence-corrected chi connectivity index (χ0v) is 38.8. The fourth-order valence-corrected chi connectivity index (χ4v) is 10.6. The minimum atomic E-state index is -0.740. The van der Waals surface area contributed by atoms with Gasteiger partial charge in [-0.1, -0.05) is 196 Å². The monoisotopic (exact) mass is 853 g/mol. The number of nitrogens with zero attached hydrogens (tertiary/aromatic N) is 1. The van der Waals surface area contributed by atoms with E-state index in [1.807, 2.05) is 12.1 Å². The molecule has 1 aliphatic rings. The molecule has 1 aromatic heterocycles. The quantitative estimate of drug-likeness (QED) is 0.0952. The van der Waals surface area contributed by atoms with Crippen molar-refractivity contribution in [1.29, 1.82) is 0 Å². The highest BCUT2D eigenvalue weighted by Crippen LogP contribution is 2.51. The van der Waals surface area contributed by atoms with Crippen LogP contribution < -0.4 is 4.90 Å². The van der Waals surface area contributed by atoms with Crippen molar-refractivity contribution in [2.45, 2.75) is 52.4 Å². The summed E-state index contributed by atoms with van der Waals surface area (Å²) in [6.07, 6.45) is 12.8. The largest absolute Gasteiger partial charge is 0.456 e. The molecular formula is C64H55NO. The van der Waals surface area contributed by atoms with Crippen LogP contribution in [0.1, 0.15) is 68.0 Å². The third-order valence-electron chi connectivity index (χ3n) is 14.2. The van der Waals surface area contributed by atoms with Gasteiger partial charge in [-0.2, -0.15) is 0 Å². The molecule has 0 saturated carbocycles. The van der Waals surface area contributed by atoms with Crippen LogP contribution in [-0.4, -0.2) is 0 Å². The summed E-state index contributed by atoms with van der Waals surface area (Å²) >= 11 is 0. The van der Waals surface area contributed by atoms with E-state index in [1.54, 1.807) is 0 Å². The standard InChI is InChI=1S/C64H55NO/c1-8-11-23-48(10-3)64(49-24-13-12-14-25-49,58-41-40-57-56-27-17-18-29-61(56)66-62(57)43(58)4)50-33-37-52(38-34-50)65(60-28-19-22-46-21-15-16-26-54(46)60)51-35-30-45(31-36-51)47-32-39-55-53(20-9-2)44(5)63(6,7)59(55)42-47/h8-42H,3H2,1-2,4-7H3/b11-8-,20-9-,48-23+. The number of aryl methyl sites for hydroxylation is 1. The van der Waals surface area contributed by atoms with Gasteiger partial charge < -0.3 is 9.32 Å². The number of hydrogen-bond acceptors (Lipinski definition) is 2. The number of para-hydroxylation sites is 1. The van der Waals surface area contributed by atoms with Gasteiger partial charge in [-0.15, -0.1) is 0 Å². The van der Waals surface area contributed by atoms with E-state index < -0.39 is 5.41 Å². The maximum atomic E-state index is 6.68. The Labute approximate surface area is 389 Å². The molecule has 1 aliphatic carbocycles. The number of fused-ring (bicyclic) bond motifs is 5. The molecule has 0 radical (unpaired) electrons. The lowest BCUT2D eigenvalue weighted by molar-refractivity contribution is 0.639. The van der Waals surface area contributed by atoms with Crippen molar-refractivity contribution in [2.75, 3.05) is 4.90 Å². The zero-order chi connectivity index (χ0) is 45.6. The zero-order valence-electron chi connectivity index (χ0n) is 38.8. The summed E-state index contributed by atoms with van der Waals surface area (Å²) in [6.45, 7) is 17.8. The third-order valence-corrected chi connectivity index (χ3v) is 14.2. The second-order valence-corrected chi connectivity index (χ2v) is 18.0. The Morgan fingerprint density at radius 1 is 0.621 bits per heavy atom. The highest BCUT2D eigenvalue weighted by molar-refractivity contribution is 6.06. The van der Waals surface area contributed by atoms with Gasteiger partial charge >= 0.3 is 0 Å². The molecule has 0 bridgehead atoms. The van der Waals surface area contributed by atoms with Crippen LogP contribution in [0.25, 0.3) is 49.4 Å². The van der Waals surface area contributed by atoms with Crippen molar-refractivity contribution < 1.29 is 4.42 Å². The molecule has 0 N–H and O–H groups in total. The van der Waals surface area contributed by atoms with E-state index in [4.69, 9.17) is 4.42 Å². The second-order valence-electron chi connectivity index (χ2n) is 18.0. The van der Waals surface area contributed by atoms with Crippen molar-refractivity contribution in [3.05, 3.63) is 263 Å². The van der Waals surface area contributed by atoms with Gasteiger partial charge in [-0.05, 0) is 131 Å². The number of hydrogen-bond donors (Lipinski definition) is 0. The summed E-state index contributed by atoms with van der Waals surface area (Å²) in [5, 5.41) is 4.61. The lowest BCUT2D eigenvalue weighted by atomic mass is 9.63. The van der Waals surface area contributed by atoms with Crippen molar-refractivity contribution in [2.24, 2.45) is 0 Å². The topological polar surface area (TPSA) is 16.4 Å². The molecular weight excluding hydrogens is 799 g/mol. The van der Waals surface area contributed by atoms with E-state index in [0.717, 1.165) is 66.8 Å². The molecule has 8 aromatic carbocycles. The third kappa shape index (κ3) is 6.79. The van der Waals surface area contributed by atoms with E-state index in [-0.39, 0.29) is 5.41 Å². The summed E-state index contributed by atoms with van der Waals surface area (Å²) < 4.78 is 6.68. The van der Waals surface area contributed by atoms with Crippen LogP contribution in [0.2, 0.25) is 0 Å². The summed E-state index contributed by atoms with van der Waals surface area (Å²) in [4.78, 5) is 2.40. The Morgan fingerprint density at radius 3 is 2.00 bits per heavy atom. The fraction of sp³-hybridized carbons (Fsp3) is 0.125. The van der Waals surface area contributed by atoms with Gasteiger partial charge in [0.1, 0.15) is 11.2 Å². The van der Waals surface area contributed by atoms with Crippen LogP contribution in [0, 0.1) is 6.92 Å². The van der Waals surface area contributed by atoms with Gasteiger partial charge in [0.2, 0.25) is 0 Å². The minimum Gasteiger partial charge on any atom is -0.456 e. The van der Waals surface area contributed by atoms with Crippen molar-refractivity contribution in [3.63, 3.8) is 0 Å². The van der Waals surface area contributed by atoms with Crippen LogP contribution in [0.3, 0.4) is 0 Å². The van der Waals surface area contributed by atoms with E-state index in [9.17, 15) is 0 Å². The predicted molar refractivity (Wildman–Crippen MR) is 282 cm³/mol. The lowest BCUT2D eigenvalue weighted by Gasteiger charge is -2.39. The van der Waals surface area contributed by atoms with Crippen molar-refractivity contribution in [1.82, 2.24) is 0 Å². The van der Waals surface area contributed by atoms with E-state index in [1.165, 1.54) is 44.2 Å². The normalized spacial score (nSPS) is 14.7. The van der Waals surface area contributed by atoms with Gasteiger partial charge in [0.25, 0.3) is 0 Å². The summed E-state index contributed by atoms with van der Waals surface area (Å²) in [7, 11) is 0. The molecule has 2 nitrogen and oxygen atoms in total. The predicted octanol–water partition coefficient (Wildman–Crippen LogP) is 17.8. The number of allylic oxidation sites excluding steroid dienone is 9. The Bertz CT molecular complexity index is 3420. The second kappa shape index (κ2) is 17.0. The van der Waals surface area contributed by atoms with Crippen LogP contribution in [0.4, 0.5) is 17.1 Å². The average molecular weight is 854 g/mol. The number of rotatable bonds is 11. The Kier molecular flexibility index (Phi) is 10.9. The Morgan fingerprint density at radius 2 is 1.27 bits per heavy atom. The van der Waals surface area contributed by atoms with Crippen LogP contribution in [-0.2, 0) is 10.8 Å². The summed E-state index contributed by atoms with van der Waals surface area (Å²) in [6, 6.07) is 64.3. The average Bonchev–Trinajstić information content (AvgIpc) is 3.83. The van der Waals surface area contributed by atoms with Crippen LogP contribution in [0.15, 0.2) is 235 Å². The van der Waals surface area contributed by atoms with Crippen molar-refractivity contribution >= 4 is 55.3 Å². The highest BCUT2D eigenvalue weighted by Gasteiger charge is 2.41. The number of anilines is 3. The molecule has 66 heavy (non-hydrogen) atoms. The first kappa shape index (κ1) is 42.3. The van der Waals surface area contributed by atoms with Gasteiger partial charge in [0, 0.05) is 32.9 Å². The Hall–Kier alpha value is -7.68. The van der Waals surface area contributed by atoms with Gasteiger partial charge in [0.15, 0.2) is 0 Å². The fourth-order valence-electron chi connectivity index (χ4n) is 10.6. The van der Waals surface area contributed by atoms with Gasteiger partial charge in [-0.3, -0.25) is 0 Å². The van der Waals surface area contributed by atoms with E-state index in [0.29, 0.717) is 0 Å². The maximum absolute atomic E-state index is 6.68. The SMILES string of the molecule is C=C/C(=C\C=C/C)C(c1ccccc1)(c1ccc(N(c2ccc(-c3ccc4c(c3)C(C)(C)C(C)=C4/C=C\C)cc2)c2cccc3ccccc23)cc1)c1ccc2c(oc3ccccc32)c1C. The molecule has 1 atom stereocenters. The van der Waals surface area contributed by atoms with Crippen LogP contribution in [0.5, 0.6) is 0 Å². The molecule has 0 amide bonds. The molecule has 9 aromatic rings. The van der Waals surface area contributed by atoms with E-state index in [2.05, 4.69) is 253 Å². The molecule has 1 unspecified atom stereocenters. The van der Waals surface area contributed by atoms with Gasteiger partial charge in [0.05, 0.1) is 11.1 Å². The molecule has 2 heteroatoms. The van der Waals surface area contributed by atoms with Crippen molar-refractivity contribution in [3.8, 4) is 11.1 Å². The molecule has 0 saturated heterocycles. The molecule has 0 fully saturated rings. The minimum absolute atomic E-state index is 0.0383. The number of benzene rings is 8. The molecule has 10 rings (SSSR count). The molecule has 0 aliphatic heterocycles. The first-order chi connectivity index (χ1) is 32.2. The van der Waals surface area contributed by atoms with Gasteiger partial charge in [-0.25, -0.2) is 0 Å². The smallest absolute Gasteiger partial charge is 0.138 e. The summed E-state index contributed by atoms with van der Waals surface area (Å²) in [5.41, 5.74) is 17.7. The lowest BCUT2D eigenvalue weighted by Crippen LogP contribution is -2.32. The molecule has 0 spiro atoms. The molecule has 322 valence electrons. The van der Waals surface area contributed by atoms with E-state index >= 15 is 0 Å². The maximum Gasteiger partial charge on any atom is 0.138 e. The summed E-state index contributed by atoms with van der Waals surface area (Å²) in [5.74, 6) is 0. The number of furan rings is 1.